The summed E-state index contributed by atoms with van der Waals surface area (Å²) in [7, 11) is -1.95. The highest BCUT2D eigenvalue weighted by molar-refractivity contribution is 7.98. The molecular weight excluding hydrogens is 380 g/mol. The Kier molecular flexibility index (Phi) is 8.84. The highest BCUT2D eigenvalue weighted by Gasteiger charge is 2.19. The average molecular weight is 407 g/mol. The molecule has 1 amide bonds. The van der Waals surface area contributed by atoms with Crippen LogP contribution in [-0.4, -0.2) is 44.5 Å². The third kappa shape index (κ3) is 7.36. The molecule has 0 aliphatic carbocycles. The highest BCUT2D eigenvalue weighted by Crippen LogP contribution is 2.14. The van der Waals surface area contributed by atoms with Gasteiger partial charge in [-0.25, -0.2) is 12.7 Å². The molecule has 0 fully saturated rings. The Morgan fingerprint density at radius 3 is 2.33 bits per heavy atom. The summed E-state index contributed by atoms with van der Waals surface area (Å²) in [5.41, 5.74) is 1.27. The van der Waals surface area contributed by atoms with E-state index in [0.29, 0.717) is 25.9 Å². The highest BCUT2D eigenvalue weighted by atomic mass is 32.2. The van der Waals surface area contributed by atoms with E-state index < -0.39 is 10.0 Å². The van der Waals surface area contributed by atoms with Crippen LogP contribution < -0.4 is 5.32 Å². The maximum atomic E-state index is 12.4. The number of thioether (sulfide) groups is 1. The second kappa shape index (κ2) is 11.1. The summed E-state index contributed by atoms with van der Waals surface area (Å²) in [6.07, 6.45) is 0.809. The molecule has 0 saturated carbocycles. The van der Waals surface area contributed by atoms with Crippen molar-refractivity contribution in [1.82, 2.24) is 9.62 Å². The van der Waals surface area contributed by atoms with Crippen molar-refractivity contribution < 1.29 is 13.2 Å². The number of nitrogens with one attached hydrogen (secondary N) is 1. The van der Waals surface area contributed by atoms with Gasteiger partial charge >= 0.3 is 0 Å². The molecule has 2 rings (SSSR count). The molecule has 2 aromatic carbocycles. The zero-order valence-corrected chi connectivity index (χ0v) is 17.1. The van der Waals surface area contributed by atoms with Crippen LogP contribution in [0.3, 0.4) is 0 Å². The molecule has 0 atom stereocenters. The van der Waals surface area contributed by atoms with Crippen LogP contribution in [0.15, 0.2) is 65.6 Å². The Balaban J connectivity index is 1.60. The zero-order valence-electron chi connectivity index (χ0n) is 15.5. The van der Waals surface area contributed by atoms with Crippen molar-refractivity contribution in [3.8, 4) is 0 Å². The summed E-state index contributed by atoms with van der Waals surface area (Å²) < 4.78 is 26.1. The van der Waals surface area contributed by atoms with Gasteiger partial charge in [0, 0.05) is 38.1 Å². The lowest BCUT2D eigenvalue weighted by Crippen LogP contribution is -2.30. The van der Waals surface area contributed by atoms with Gasteiger partial charge in [0.1, 0.15) is 0 Å². The van der Waals surface area contributed by atoms with Crippen molar-refractivity contribution in [2.75, 3.05) is 25.9 Å². The standard InChI is InChI=1S/C20H26N2O3S2/c1-22(27(24,25)19-11-6-3-7-12-19)15-8-13-20(23)21-14-16-26-17-18-9-4-2-5-10-18/h2-7,9-12H,8,13-17H2,1H3,(H,21,23). The van der Waals surface area contributed by atoms with Crippen LogP contribution in [0.2, 0.25) is 0 Å². The number of carbonyl (C=O) groups is 1. The number of benzene rings is 2. The topological polar surface area (TPSA) is 66.5 Å². The second-order valence-corrected chi connectivity index (χ2v) is 9.28. The summed E-state index contributed by atoms with van der Waals surface area (Å²) in [5, 5.41) is 2.89. The third-order valence-electron chi connectivity index (χ3n) is 4.01. The van der Waals surface area contributed by atoms with Crippen molar-refractivity contribution >= 4 is 27.7 Å². The molecule has 0 saturated heterocycles. The summed E-state index contributed by atoms with van der Waals surface area (Å²) in [6.45, 7) is 0.932. The SMILES string of the molecule is CN(CCCC(=O)NCCSCc1ccccc1)S(=O)(=O)c1ccccc1. The molecule has 0 radical (unpaired) electrons. The van der Waals surface area contributed by atoms with E-state index in [4.69, 9.17) is 0 Å². The Morgan fingerprint density at radius 2 is 1.67 bits per heavy atom. The van der Waals surface area contributed by atoms with Crippen molar-refractivity contribution in [1.29, 1.82) is 0 Å². The van der Waals surface area contributed by atoms with Crippen LogP contribution in [-0.2, 0) is 20.6 Å². The number of amides is 1. The second-order valence-electron chi connectivity index (χ2n) is 6.13. The van der Waals surface area contributed by atoms with Gasteiger partial charge in [0.05, 0.1) is 4.90 Å². The van der Waals surface area contributed by atoms with Crippen molar-refractivity contribution in [2.45, 2.75) is 23.5 Å². The maximum Gasteiger partial charge on any atom is 0.242 e. The summed E-state index contributed by atoms with van der Waals surface area (Å²) in [5.74, 6) is 1.74. The first kappa shape index (κ1) is 21.5. The first-order chi connectivity index (χ1) is 13.0. The molecule has 0 bridgehead atoms. The number of hydrogen-bond acceptors (Lipinski definition) is 4. The van der Waals surface area contributed by atoms with E-state index in [1.165, 1.54) is 9.87 Å². The zero-order chi connectivity index (χ0) is 19.5. The Hall–Kier alpha value is -1.83. The molecule has 2 aromatic rings. The van der Waals surface area contributed by atoms with Crippen molar-refractivity contribution in [3.05, 3.63) is 66.2 Å². The number of nitrogens with zero attached hydrogens (tertiary/aromatic N) is 1. The van der Waals surface area contributed by atoms with E-state index >= 15 is 0 Å². The lowest BCUT2D eigenvalue weighted by Gasteiger charge is -2.17. The van der Waals surface area contributed by atoms with Gasteiger partial charge in [0.2, 0.25) is 15.9 Å². The molecule has 146 valence electrons. The lowest BCUT2D eigenvalue weighted by atomic mass is 10.2. The van der Waals surface area contributed by atoms with Gasteiger partial charge in [-0.2, -0.15) is 11.8 Å². The summed E-state index contributed by atoms with van der Waals surface area (Å²) >= 11 is 1.78. The van der Waals surface area contributed by atoms with Crippen LogP contribution in [0.4, 0.5) is 0 Å². The van der Waals surface area contributed by atoms with Crippen LogP contribution in [0.5, 0.6) is 0 Å². The minimum Gasteiger partial charge on any atom is -0.355 e. The van der Waals surface area contributed by atoms with Crippen molar-refractivity contribution in [3.63, 3.8) is 0 Å². The predicted octanol–water partition coefficient (Wildman–Crippen LogP) is 3.14. The quantitative estimate of drug-likeness (QED) is 0.582. The molecule has 0 aromatic heterocycles. The molecule has 1 N–H and O–H groups in total. The largest absolute Gasteiger partial charge is 0.355 e. The van der Waals surface area contributed by atoms with Gasteiger partial charge in [-0.1, -0.05) is 48.5 Å². The minimum absolute atomic E-state index is 0.0409. The molecule has 0 heterocycles. The van der Waals surface area contributed by atoms with Gasteiger partial charge in [0.15, 0.2) is 0 Å². The fraction of sp³-hybridized carbons (Fsp3) is 0.350. The van der Waals surface area contributed by atoms with Gasteiger partial charge in [-0.05, 0) is 24.1 Å². The number of hydrogen-bond donors (Lipinski definition) is 1. The summed E-state index contributed by atoms with van der Waals surface area (Å²) in [4.78, 5) is 12.2. The van der Waals surface area contributed by atoms with Gasteiger partial charge < -0.3 is 5.32 Å². The van der Waals surface area contributed by atoms with E-state index in [0.717, 1.165) is 11.5 Å². The Labute approximate surface area is 166 Å². The fourth-order valence-electron chi connectivity index (χ4n) is 2.47. The van der Waals surface area contributed by atoms with E-state index in [9.17, 15) is 13.2 Å². The fourth-order valence-corrected chi connectivity index (χ4v) is 4.52. The lowest BCUT2D eigenvalue weighted by molar-refractivity contribution is -0.121. The third-order valence-corrected chi connectivity index (χ3v) is 6.91. The molecule has 0 aliphatic heterocycles. The molecule has 0 aliphatic rings. The van der Waals surface area contributed by atoms with Crippen LogP contribution in [0.25, 0.3) is 0 Å². The maximum absolute atomic E-state index is 12.4. The Morgan fingerprint density at radius 1 is 1.04 bits per heavy atom. The van der Waals surface area contributed by atoms with Gasteiger partial charge in [-0.15, -0.1) is 0 Å². The first-order valence-electron chi connectivity index (χ1n) is 8.90. The molecule has 5 nitrogen and oxygen atoms in total. The normalized spacial score (nSPS) is 11.5. The van der Waals surface area contributed by atoms with E-state index in [1.54, 1.807) is 49.1 Å². The smallest absolute Gasteiger partial charge is 0.242 e. The first-order valence-corrected chi connectivity index (χ1v) is 11.5. The van der Waals surface area contributed by atoms with Crippen LogP contribution in [0.1, 0.15) is 18.4 Å². The molecule has 0 spiro atoms. The van der Waals surface area contributed by atoms with Crippen LogP contribution >= 0.6 is 11.8 Å². The number of rotatable bonds is 11. The summed E-state index contributed by atoms with van der Waals surface area (Å²) in [6, 6.07) is 18.5. The minimum atomic E-state index is -3.49. The van der Waals surface area contributed by atoms with Gasteiger partial charge in [0.25, 0.3) is 0 Å². The van der Waals surface area contributed by atoms with Crippen LogP contribution in [0, 0.1) is 0 Å². The van der Waals surface area contributed by atoms with E-state index in [1.807, 2.05) is 18.2 Å². The van der Waals surface area contributed by atoms with E-state index in [2.05, 4.69) is 17.4 Å². The van der Waals surface area contributed by atoms with E-state index in [-0.39, 0.29) is 10.8 Å². The van der Waals surface area contributed by atoms with Crippen molar-refractivity contribution in [2.24, 2.45) is 0 Å². The van der Waals surface area contributed by atoms with Gasteiger partial charge in [-0.3, -0.25) is 4.79 Å². The monoisotopic (exact) mass is 406 g/mol. The molecule has 0 unspecified atom stereocenters. The average Bonchev–Trinajstić information content (AvgIpc) is 2.69. The molecule has 7 heteroatoms. The molecule has 27 heavy (non-hydrogen) atoms. The Bertz CT molecular complexity index is 796. The predicted molar refractivity (Wildman–Crippen MR) is 111 cm³/mol. The molecular formula is C20H26N2O3S2. The number of carbonyl (C=O) groups excluding carboxylic acids is 1. The number of sulfonamides is 1.